The summed E-state index contributed by atoms with van der Waals surface area (Å²) in [7, 11) is 0. The molecule has 2 rings (SSSR count). The molecule has 1 N–H and O–H groups in total. The maximum absolute atomic E-state index is 11.7. The lowest BCUT2D eigenvalue weighted by Crippen LogP contribution is -2.50. The highest BCUT2D eigenvalue weighted by Gasteiger charge is 2.31. The third-order valence-corrected chi connectivity index (χ3v) is 3.04. The van der Waals surface area contributed by atoms with Crippen LogP contribution in [0.3, 0.4) is 0 Å². The molecule has 0 radical (unpaired) electrons. The van der Waals surface area contributed by atoms with Crippen molar-refractivity contribution in [2.24, 2.45) is 0 Å². The Bertz CT molecular complexity index is 372. The summed E-state index contributed by atoms with van der Waals surface area (Å²) in [6.07, 6.45) is 1.90. The Kier molecular flexibility index (Phi) is 2.06. The topological polar surface area (TPSA) is 29.1 Å². The van der Waals surface area contributed by atoms with Crippen molar-refractivity contribution in [2.75, 3.05) is 0 Å². The third kappa shape index (κ3) is 1.41. The van der Waals surface area contributed by atoms with E-state index in [4.69, 9.17) is 0 Å². The lowest BCUT2D eigenvalue weighted by molar-refractivity contribution is 0.0885. The highest BCUT2D eigenvalue weighted by Crippen LogP contribution is 2.24. The first-order chi connectivity index (χ1) is 6.64. The quantitative estimate of drug-likeness (QED) is 0.720. The van der Waals surface area contributed by atoms with Crippen LogP contribution in [0.25, 0.3) is 0 Å². The zero-order chi connectivity index (χ0) is 10.2. The molecule has 1 aliphatic rings. The number of fused-ring (bicyclic) bond motifs is 1. The molecule has 2 nitrogen and oxygen atoms in total. The van der Waals surface area contributed by atoms with E-state index in [-0.39, 0.29) is 11.4 Å². The number of rotatable bonds is 1. The molecule has 1 aromatic rings. The van der Waals surface area contributed by atoms with Gasteiger partial charge in [0.15, 0.2) is 0 Å². The van der Waals surface area contributed by atoms with Crippen LogP contribution in [0.1, 0.15) is 36.2 Å². The number of nitrogens with one attached hydrogen (secondary N) is 1. The largest absolute Gasteiger partial charge is 0.347 e. The molecule has 74 valence electrons. The number of carbonyl (C=O) groups excluding carboxylic acids is 1. The maximum atomic E-state index is 11.7. The summed E-state index contributed by atoms with van der Waals surface area (Å²) in [4.78, 5) is 11.7. The van der Waals surface area contributed by atoms with Crippen LogP contribution in [0.4, 0.5) is 0 Å². The van der Waals surface area contributed by atoms with Crippen LogP contribution in [-0.2, 0) is 6.42 Å². The van der Waals surface area contributed by atoms with Crippen LogP contribution in [-0.4, -0.2) is 11.4 Å². The molecule has 0 bridgehead atoms. The number of benzene rings is 1. The second-order valence-corrected chi connectivity index (χ2v) is 4.20. The van der Waals surface area contributed by atoms with Crippen LogP contribution < -0.4 is 5.32 Å². The summed E-state index contributed by atoms with van der Waals surface area (Å²) in [6.45, 7) is 4.20. The number of carbonyl (C=O) groups is 1. The Hall–Kier alpha value is -1.31. The van der Waals surface area contributed by atoms with Crippen molar-refractivity contribution < 1.29 is 4.79 Å². The second kappa shape index (κ2) is 3.12. The minimum Gasteiger partial charge on any atom is -0.347 e. The van der Waals surface area contributed by atoms with E-state index in [1.807, 2.05) is 24.3 Å². The van der Waals surface area contributed by atoms with Gasteiger partial charge >= 0.3 is 0 Å². The Morgan fingerprint density at radius 1 is 1.43 bits per heavy atom. The predicted molar refractivity (Wildman–Crippen MR) is 56.3 cm³/mol. The molecule has 0 spiro atoms. The molecule has 1 atom stereocenters. The first-order valence-electron chi connectivity index (χ1n) is 5.05. The van der Waals surface area contributed by atoms with Crippen molar-refractivity contribution >= 4 is 5.91 Å². The molecule has 1 heterocycles. The van der Waals surface area contributed by atoms with E-state index in [1.54, 1.807) is 0 Å². The van der Waals surface area contributed by atoms with Gasteiger partial charge in [-0.25, -0.2) is 0 Å². The van der Waals surface area contributed by atoms with Gasteiger partial charge < -0.3 is 5.32 Å². The summed E-state index contributed by atoms with van der Waals surface area (Å²) in [5.41, 5.74) is 1.94. The molecule has 1 unspecified atom stereocenters. The van der Waals surface area contributed by atoms with Gasteiger partial charge in [-0.1, -0.05) is 25.1 Å². The van der Waals surface area contributed by atoms with Crippen LogP contribution in [0.15, 0.2) is 24.3 Å². The monoisotopic (exact) mass is 189 g/mol. The molecule has 0 saturated heterocycles. The predicted octanol–water partition coefficient (Wildman–Crippen LogP) is 2.14. The van der Waals surface area contributed by atoms with Gasteiger partial charge in [0.05, 0.1) is 0 Å². The highest BCUT2D eigenvalue weighted by molar-refractivity contribution is 5.97. The normalized spacial score (nSPS) is 25.4. The van der Waals surface area contributed by atoms with Gasteiger partial charge in [-0.15, -0.1) is 0 Å². The Morgan fingerprint density at radius 3 is 2.86 bits per heavy atom. The maximum Gasteiger partial charge on any atom is 0.251 e. The van der Waals surface area contributed by atoms with Gasteiger partial charge in [0.1, 0.15) is 0 Å². The molecule has 0 aliphatic carbocycles. The van der Waals surface area contributed by atoms with Crippen molar-refractivity contribution in [3.05, 3.63) is 35.4 Å². The van der Waals surface area contributed by atoms with Gasteiger partial charge in [-0.3, -0.25) is 4.79 Å². The number of amides is 1. The van der Waals surface area contributed by atoms with Gasteiger partial charge in [0, 0.05) is 11.1 Å². The third-order valence-electron chi connectivity index (χ3n) is 3.04. The van der Waals surface area contributed by atoms with Crippen LogP contribution >= 0.6 is 0 Å². The Balaban J connectivity index is 2.43. The van der Waals surface area contributed by atoms with Crippen molar-refractivity contribution in [3.63, 3.8) is 0 Å². The molecule has 0 fully saturated rings. The average molecular weight is 189 g/mol. The molecule has 1 aliphatic heterocycles. The number of hydrogen-bond donors (Lipinski definition) is 1. The zero-order valence-corrected chi connectivity index (χ0v) is 8.63. The van der Waals surface area contributed by atoms with E-state index in [0.29, 0.717) is 0 Å². The molecule has 2 heteroatoms. The number of hydrogen-bond acceptors (Lipinski definition) is 1. The van der Waals surface area contributed by atoms with Crippen molar-refractivity contribution in [3.8, 4) is 0 Å². The molecule has 0 aromatic heterocycles. The molecule has 1 amide bonds. The highest BCUT2D eigenvalue weighted by atomic mass is 16.1. The first kappa shape index (κ1) is 9.25. The smallest absolute Gasteiger partial charge is 0.251 e. The van der Waals surface area contributed by atoms with E-state index in [1.165, 1.54) is 5.56 Å². The SMILES string of the molecule is CCC1(C)Cc2ccccc2C(=O)N1. The minimum absolute atomic E-state index is 0.0641. The fraction of sp³-hybridized carbons (Fsp3) is 0.417. The van der Waals surface area contributed by atoms with E-state index in [0.717, 1.165) is 18.4 Å². The van der Waals surface area contributed by atoms with Crippen molar-refractivity contribution in [2.45, 2.75) is 32.2 Å². The molecular weight excluding hydrogens is 174 g/mol. The van der Waals surface area contributed by atoms with Gasteiger partial charge in [0.2, 0.25) is 0 Å². The lowest BCUT2D eigenvalue weighted by Gasteiger charge is -2.34. The molecule has 14 heavy (non-hydrogen) atoms. The molecule has 0 saturated carbocycles. The van der Waals surface area contributed by atoms with Gasteiger partial charge in [0.25, 0.3) is 5.91 Å². The zero-order valence-electron chi connectivity index (χ0n) is 8.63. The van der Waals surface area contributed by atoms with E-state index >= 15 is 0 Å². The van der Waals surface area contributed by atoms with Crippen LogP contribution in [0.5, 0.6) is 0 Å². The van der Waals surface area contributed by atoms with E-state index in [2.05, 4.69) is 19.2 Å². The lowest BCUT2D eigenvalue weighted by atomic mass is 9.84. The summed E-state index contributed by atoms with van der Waals surface area (Å²) in [5.74, 6) is 0.0659. The average Bonchev–Trinajstić information content (AvgIpc) is 2.18. The second-order valence-electron chi connectivity index (χ2n) is 4.20. The van der Waals surface area contributed by atoms with Crippen LogP contribution in [0.2, 0.25) is 0 Å². The molecular formula is C12H15NO. The minimum atomic E-state index is -0.0641. The van der Waals surface area contributed by atoms with E-state index in [9.17, 15) is 4.79 Å². The Labute approximate surface area is 84.3 Å². The summed E-state index contributed by atoms with van der Waals surface area (Å²) in [5, 5.41) is 3.06. The fourth-order valence-corrected chi connectivity index (χ4v) is 1.92. The first-order valence-corrected chi connectivity index (χ1v) is 5.05. The van der Waals surface area contributed by atoms with Crippen molar-refractivity contribution in [1.29, 1.82) is 0 Å². The standard InChI is InChI=1S/C12H15NO/c1-3-12(2)8-9-6-4-5-7-10(9)11(14)13-12/h4-7H,3,8H2,1-2H3,(H,13,14). The fourth-order valence-electron chi connectivity index (χ4n) is 1.92. The Morgan fingerprint density at radius 2 is 2.14 bits per heavy atom. The van der Waals surface area contributed by atoms with E-state index < -0.39 is 0 Å². The van der Waals surface area contributed by atoms with Gasteiger partial charge in [-0.05, 0) is 31.4 Å². The summed E-state index contributed by atoms with van der Waals surface area (Å²) >= 11 is 0. The summed E-state index contributed by atoms with van der Waals surface area (Å²) in [6, 6.07) is 7.84. The van der Waals surface area contributed by atoms with Crippen molar-refractivity contribution in [1.82, 2.24) is 5.32 Å². The van der Waals surface area contributed by atoms with Crippen LogP contribution in [0, 0.1) is 0 Å². The molecule has 1 aromatic carbocycles. The van der Waals surface area contributed by atoms with Gasteiger partial charge in [-0.2, -0.15) is 0 Å². The summed E-state index contributed by atoms with van der Waals surface area (Å²) < 4.78 is 0.